The maximum Gasteiger partial charge on any atom is 0.573 e. The van der Waals surface area contributed by atoms with Crippen LogP contribution in [0.25, 0.3) is 11.3 Å². The Morgan fingerprint density at radius 2 is 1.97 bits per heavy atom. The summed E-state index contributed by atoms with van der Waals surface area (Å²) in [7, 11) is 0. The Morgan fingerprint density at radius 3 is 2.68 bits per heavy atom. The quantitative estimate of drug-likeness (QED) is 0.540. The van der Waals surface area contributed by atoms with Gasteiger partial charge in [0.1, 0.15) is 18.1 Å². The number of alkyl halides is 3. The maximum absolute atomic E-state index is 12.5. The first-order valence-corrected chi connectivity index (χ1v) is 9.53. The first-order valence-electron chi connectivity index (χ1n) is 9.53. The van der Waals surface area contributed by atoms with Gasteiger partial charge in [-0.15, -0.1) is 13.2 Å². The molecule has 0 amide bonds. The van der Waals surface area contributed by atoms with E-state index in [0.717, 1.165) is 19.6 Å². The van der Waals surface area contributed by atoms with Gasteiger partial charge in [0, 0.05) is 37.8 Å². The minimum absolute atomic E-state index is 0.0379. The molecule has 12 heteroatoms. The van der Waals surface area contributed by atoms with Crippen LogP contribution in [0.2, 0.25) is 0 Å². The van der Waals surface area contributed by atoms with Crippen molar-refractivity contribution in [3.8, 4) is 17.0 Å². The third-order valence-corrected chi connectivity index (χ3v) is 4.33. The molecule has 0 unspecified atom stereocenters. The Balaban J connectivity index is 1.77. The number of benzene rings is 1. The summed E-state index contributed by atoms with van der Waals surface area (Å²) >= 11 is 0. The number of aliphatic carboxylic acids is 1. The third-order valence-electron chi connectivity index (χ3n) is 4.33. The normalized spacial score (nSPS) is 14.8. The van der Waals surface area contributed by atoms with Crippen LogP contribution in [0.4, 0.5) is 24.9 Å². The van der Waals surface area contributed by atoms with Gasteiger partial charge < -0.3 is 25.2 Å². The number of rotatable bonds is 9. The lowest BCUT2D eigenvalue weighted by atomic mass is 10.1. The number of anilines is 2. The van der Waals surface area contributed by atoms with Gasteiger partial charge in [-0.05, 0) is 12.1 Å². The van der Waals surface area contributed by atoms with Crippen LogP contribution in [0.3, 0.4) is 0 Å². The summed E-state index contributed by atoms with van der Waals surface area (Å²) in [5.41, 5.74) is 0.670. The van der Waals surface area contributed by atoms with Crippen molar-refractivity contribution in [2.45, 2.75) is 6.36 Å². The van der Waals surface area contributed by atoms with Crippen molar-refractivity contribution in [2.24, 2.45) is 0 Å². The topological polar surface area (TPSA) is 109 Å². The second kappa shape index (κ2) is 10.3. The van der Waals surface area contributed by atoms with Crippen LogP contribution in [0.1, 0.15) is 0 Å². The molecule has 0 spiro atoms. The molecule has 0 aliphatic carbocycles. The van der Waals surface area contributed by atoms with Crippen molar-refractivity contribution >= 4 is 17.7 Å². The van der Waals surface area contributed by atoms with Gasteiger partial charge in [0.15, 0.2) is 0 Å². The molecule has 2 aromatic rings. The summed E-state index contributed by atoms with van der Waals surface area (Å²) < 4.78 is 46.9. The molecule has 0 bridgehead atoms. The standard InChI is InChI=1S/C19H22F3N5O4/c20-19(21,22)31-14-3-1-2-13(10-14)15-11-16(26-18(25-15)24-12-17(28)29)23-4-5-27-6-8-30-9-7-27/h1-3,10-11H,4-9,12H2,(H,28,29)(H2,23,24,25,26). The van der Waals surface area contributed by atoms with E-state index in [1.165, 1.54) is 18.2 Å². The highest BCUT2D eigenvalue weighted by molar-refractivity contribution is 5.72. The van der Waals surface area contributed by atoms with E-state index in [-0.39, 0.29) is 11.7 Å². The molecule has 9 nitrogen and oxygen atoms in total. The highest BCUT2D eigenvalue weighted by atomic mass is 19.4. The fourth-order valence-corrected chi connectivity index (χ4v) is 2.94. The number of halogens is 3. The molecule has 31 heavy (non-hydrogen) atoms. The van der Waals surface area contributed by atoms with Crippen LogP contribution in [0.15, 0.2) is 30.3 Å². The number of aromatic nitrogens is 2. The first kappa shape index (κ1) is 22.6. The molecule has 3 rings (SSSR count). The zero-order valence-electron chi connectivity index (χ0n) is 16.5. The van der Waals surface area contributed by atoms with Crippen LogP contribution >= 0.6 is 0 Å². The minimum atomic E-state index is -4.81. The van der Waals surface area contributed by atoms with E-state index in [4.69, 9.17) is 9.84 Å². The van der Waals surface area contributed by atoms with E-state index in [2.05, 4.69) is 30.2 Å². The minimum Gasteiger partial charge on any atom is -0.480 e. The van der Waals surface area contributed by atoms with Gasteiger partial charge in [-0.25, -0.2) is 4.98 Å². The van der Waals surface area contributed by atoms with Gasteiger partial charge in [0.2, 0.25) is 5.95 Å². The molecule has 0 atom stereocenters. The van der Waals surface area contributed by atoms with Crippen molar-refractivity contribution in [3.05, 3.63) is 30.3 Å². The summed E-state index contributed by atoms with van der Waals surface area (Å²) in [5, 5.41) is 14.6. The SMILES string of the molecule is O=C(O)CNc1nc(NCCN2CCOCC2)cc(-c2cccc(OC(F)(F)F)c2)n1. The molecule has 0 radical (unpaired) electrons. The summed E-state index contributed by atoms with van der Waals surface area (Å²) in [6, 6.07) is 6.95. The summed E-state index contributed by atoms with van der Waals surface area (Å²) in [4.78, 5) is 21.6. The van der Waals surface area contributed by atoms with E-state index in [0.29, 0.717) is 36.8 Å². The molecule has 1 aliphatic heterocycles. The fourth-order valence-electron chi connectivity index (χ4n) is 2.94. The zero-order valence-corrected chi connectivity index (χ0v) is 16.5. The zero-order chi connectivity index (χ0) is 22.3. The monoisotopic (exact) mass is 441 g/mol. The Kier molecular flexibility index (Phi) is 7.47. The number of ether oxygens (including phenoxy) is 2. The highest BCUT2D eigenvalue weighted by Crippen LogP contribution is 2.28. The predicted octanol–water partition coefficient (Wildman–Crippen LogP) is 2.28. The van der Waals surface area contributed by atoms with E-state index in [9.17, 15) is 18.0 Å². The van der Waals surface area contributed by atoms with Crippen LogP contribution in [0, 0.1) is 0 Å². The van der Waals surface area contributed by atoms with Crippen molar-refractivity contribution < 1.29 is 32.5 Å². The van der Waals surface area contributed by atoms with Crippen molar-refractivity contribution in [1.29, 1.82) is 0 Å². The maximum atomic E-state index is 12.5. The van der Waals surface area contributed by atoms with Gasteiger partial charge in [0.05, 0.1) is 18.9 Å². The van der Waals surface area contributed by atoms with E-state index < -0.39 is 18.9 Å². The third kappa shape index (κ3) is 7.57. The summed E-state index contributed by atoms with van der Waals surface area (Å²) in [6.45, 7) is 3.91. The second-order valence-corrected chi connectivity index (χ2v) is 6.67. The number of morpholine rings is 1. The Morgan fingerprint density at radius 1 is 1.19 bits per heavy atom. The average Bonchev–Trinajstić information content (AvgIpc) is 2.72. The number of carboxylic acid groups (broad SMARTS) is 1. The molecule has 1 aromatic carbocycles. The summed E-state index contributed by atoms with van der Waals surface area (Å²) in [5.74, 6) is -1.04. The lowest BCUT2D eigenvalue weighted by Crippen LogP contribution is -2.39. The molecule has 1 fully saturated rings. The molecule has 1 aliphatic rings. The molecule has 1 saturated heterocycles. The van der Waals surface area contributed by atoms with Crippen LogP contribution in [0.5, 0.6) is 5.75 Å². The van der Waals surface area contributed by atoms with Crippen LogP contribution in [-0.2, 0) is 9.53 Å². The molecular weight excluding hydrogens is 419 g/mol. The van der Waals surface area contributed by atoms with Crippen LogP contribution in [-0.4, -0.2) is 78.2 Å². The second-order valence-electron chi connectivity index (χ2n) is 6.67. The predicted molar refractivity (Wildman–Crippen MR) is 106 cm³/mol. The highest BCUT2D eigenvalue weighted by Gasteiger charge is 2.31. The van der Waals surface area contributed by atoms with Gasteiger partial charge in [-0.3, -0.25) is 9.69 Å². The number of carbonyl (C=O) groups is 1. The Hall–Kier alpha value is -3.12. The van der Waals surface area contributed by atoms with Crippen molar-refractivity contribution in [2.75, 3.05) is 56.6 Å². The molecular formula is C19H22F3N5O4. The number of nitrogens with zero attached hydrogens (tertiary/aromatic N) is 3. The van der Waals surface area contributed by atoms with Gasteiger partial charge in [-0.1, -0.05) is 12.1 Å². The lowest BCUT2D eigenvalue weighted by molar-refractivity contribution is -0.274. The first-order chi connectivity index (χ1) is 14.8. The lowest BCUT2D eigenvalue weighted by Gasteiger charge is -2.26. The number of hydrogen-bond donors (Lipinski definition) is 3. The molecule has 2 heterocycles. The van der Waals surface area contributed by atoms with Gasteiger partial charge in [0.25, 0.3) is 0 Å². The van der Waals surface area contributed by atoms with Crippen molar-refractivity contribution in [3.63, 3.8) is 0 Å². The number of hydrogen-bond acceptors (Lipinski definition) is 8. The smallest absolute Gasteiger partial charge is 0.480 e. The number of carboxylic acids is 1. The molecule has 3 N–H and O–H groups in total. The fraction of sp³-hybridized carbons (Fsp3) is 0.421. The molecule has 0 saturated carbocycles. The average molecular weight is 441 g/mol. The van der Waals surface area contributed by atoms with E-state index >= 15 is 0 Å². The van der Waals surface area contributed by atoms with Crippen molar-refractivity contribution in [1.82, 2.24) is 14.9 Å². The largest absolute Gasteiger partial charge is 0.573 e. The van der Waals surface area contributed by atoms with Gasteiger partial charge >= 0.3 is 12.3 Å². The van der Waals surface area contributed by atoms with E-state index in [1.807, 2.05) is 0 Å². The molecule has 1 aromatic heterocycles. The van der Waals surface area contributed by atoms with Gasteiger partial charge in [-0.2, -0.15) is 4.98 Å². The Bertz CT molecular complexity index is 891. The van der Waals surface area contributed by atoms with Crippen LogP contribution < -0.4 is 15.4 Å². The van der Waals surface area contributed by atoms with E-state index in [1.54, 1.807) is 12.1 Å². The molecule has 168 valence electrons. The number of nitrogens with one attached hydrogen (secondary N) is 2. The summed E-state index contributed by atoms with van der Waals surface area (Å²) in [6.07, 6.45) is -4.81. The Labute approximate surface area is 176 Å².